The molecule has 4 aromatic rings. The van der Waals surface area contributed by atoms with Gasteiger partial charge < -0.3 is 9.64 Å². The molecule has 0 aliphatic carbocycles. The highest BCUT2D eigenvalue weighted by Gasteiger charge is 2.27. The van der Waals surface area contributed by atoms with Crippen LogP contribution in [0.15, 0.2) is 72.1 Å². The number of aryl methyl sites for hydroxylation is 1. The Morgan fingerprint density at radius 1 is 1.09 bits per heavy atom. The Kier molecular flexibility index (Phi) is 6.37. The third kappa shape index (κ3) is 4.57. The molecule has 0 atom stereocenters. The van der Waals surface area contributed by atoms with Crippen LogP contribution in [0, 0.1) is 5.82 Å². The third-order valence-corrected chi connectivity index (χ3v) is 5.97. The second-order valence-electron chi connectivity index (χ2n) is 7.68. The molecule has 0 bridgehead atoms. The van der Waals surface area contributed by atoms with Gasteiger partial charge in [0, 0.05) is 18.7 Å². The van der Waals surface area contributed by atoms with E-state index in [0.29, 0.717) is 23.1 Å². The third-order valence-electron chi connectivity index (χ3n) is 5.11. The van der Waals surface area contributed by atoms with Crippen molar-refractivity contribution in [2.75, 3.05) is 0 Å². The fourth-order valence-corrected chi connectivity index (χ4v) is 4.14. The minimum absolute atomic E-state index is 0.0351. The lowest BCUT2D eigenvalue weighted by atomic mass is 10.1. The van der Waals surface area contributed by atoms with Crippen LogP contribution in [0.2, 0.25) is 0 Å². The van der Waals surface area contributed by atoms with E-state index >= 15 is 0 Å². The summed E-state index contributed by atoms with van der Waals surface area (Å²) in [5, 5.41) is 6.61. The zero-order valence-corrected chi connectivity index (χ0v) is 19.0. The highest BCUT2D eigenvalue weighted by molar-refractivity contribution is 7.12. The van der Waals surface area contributed by atoms with Crippen molar-refractivity contribution in [3.8, 4) is 22.9 Å². The summed E-state index contributed by atoms with van der Waals surface area (Å²) in [6.07, 6.45) is 0. The lowest BCUT2D eigenvalue weighted by Gasteiger charge is -2.27. The predicted molar refractivity (Wildman–Crippen MR) is 124 cm³/mol. The molecule has 0 fully saturated rings. The maximum absolute atomic E-state index is 13.4. The van der Waals surface area contributed by atoms with Crippen molar-refractivity contribution in [2.24, 2.45) is 7.05 Å². The summed E-state index contributed by atoms with van der Waals surface area (Å²) >= 11 is 1.42. The fraction of sp³-hybridized carbons (Fsp3) is 0.200. The number of thiophene rings is 1. The van der Waals surface area contributed by atoms with Crippen molar-refractivity contribution in [3.63, 3.8) is 0 Å². The van der Waals surface area contributed by atoms with E-state index < -0.39 is 0 Å². The maximum atomic E-state index is 13.4. The molecule has 0 saturated carbocycles. The summed E-state index contributed by atoms with van der Waals surface area (Å²) in [5.74, 6) is 0.640. The molecule has 2 aromatic heterocycles. The normalized spacial score (nSPS) is 11.0. The van der Waals surface area contributed by atoms with Crippen molar-refractivity contribution in [3.05, 3.63) is 88.4 Å². The van der Waals surface area contributed by atoms with Gasteiger partial charge in [0.15, 0.2) is 0 Å². The number of carbonyl (C=O) groups is 1. The molecule has 7 heteroatoms. The highest BCUT2D eigenvalue weighted by Crippen LogP contribution is 2.35. The molecule has 0 N–H and O–H groups in total. The van der Waals surface area contributed by atoms with Crippen LogP contribution >= 0.6 is 11.3 Å². The number of nitrogens with zero attached hydrogens (tertiary/aromatic N) is 3. The van der Waals surface area contributed by atoms with E-state index in [-0.39, 0.29) is 17.8 Å². The standard InChI is InChI=1S/C25H24FN3O2S/c1-17(2)29(24(30)22-10-7-15-32-22)16-21-23(18-8-5-4-6-9-18)27-28(3)25(21)31-20-13-11-19(26)12-14-20/h4-15,17H,16H2,1-3H3. The first-order valence-electron chi connectivity index (χ1n) is 10.3. The van der Waals surface area contributed by atoms with Crippen LogP contribution in [-0.2, 0) is 13.6 Å². The second-order valence-corrected chi connectivity index (χ2v) is 8.63. The first kappa shape index (κ1) is 21.8. The molecule has 2 aromatic carbocycles. The number of halogens is 1. The second kappa shape index (κ2) is 9.36. The molecule has 32 heavy (non-hydrogen) atoms. The molecule has 0 aliphatic heterocycles. The predicted octanol–water partition coefficient (Wildman–Crippen LogP) is 6.13. The van der Waals surface area contributed by atoms with E-state index in [1.165, 1.54) is 23.5 Å². The van der Waals surface area contributed by atoms with Crippen LogP contribution in [0.3, 0.4) is 0 Å². The van der Waals surface area contributed by atoms with Crippen molar-refractivity contribution < 1.29 is 13.9 Å². The van der Waals surface area contributed by atoms with Gasteiger partial charge >= 0.3 is 0 Å². The van der Waals surface area contributed by atoms with Gasteiger partial charge in [0.1, 0.15) is 17.3 Å². The monoisotopic (exact) mass is 449 g/mol. The van der Waals surface area contributed by atoms with Gasteiger partial charge in [-0.15, -0.1) is 11.3 Å². The van der Waals surface area contributed by atoms with Gasteiger partial charge in [-0.2, -0.15) is 5.10 Å². The van der Waals surface area contributed by atoms with Gasteiger partial charge in [-0.25, -0.2) is 9.07 Å². The van der Waals surface area contributed by atoms with Crippen molar-refractivity contribution in [1.29, 1.82) is 0 Å². The molecule has 1 amide bonds. The van der Waals surface area contributed by atoms with Crippen LogP contribution in [-0.4, -0.2) is 26.6 Å². The quantitative estimate of drug-likeness (QED) is 0.341. The molecule has 0 saturated heterocycles. The average molecular weight is 450 g/mol. The van der Waals surface area contributed by atoms with Crippen molar-refractivity contribution >= 4 is 17.2 Å². The lowest BCUT2D eigenvalue weighted by Crippen LogP contribution is -2.36. The minimum Gasteiger partial charge on any atom is -0.439 e. The zero-order chi connectivity index (χ0) is 22.7. The van der Waals surface area contributed by atoms with E-state index in [9.17, 15) is 9.18 Å². The van der Waals surface area contributed by atoms with E-state index in [0.717, 1.165) is 16.8 Å². The maximum Gasteiger partial charge on any atom is 0.264 e. The number of hydrogen-bond acceptors (Lipinski definition) is 4. The van der Waals surface area contributed by atoms with Crippen LogP contribution < -0.4 is 4.74 Å². The Hall–Kier alpha value is -3.45. The topological polar surface area (TPSA) is 47.4 Å². The molecule has 164 valence electrons. The number of aromatic nitrogens is 2. The summed E-state index contributed by atoms with van der Waals surface area (Å²) in [6, 6.07) is 19.3. The van der Waals surface area contributed by atoms with Crippen LogP contribution in [0.25, 0.3) is 11.3 Å². The summed E-state index contributed by atoms with van der Waals surface area (Å²) in [6.45, 7) is 4.30. The number of benzene rings is 2. The zero-order valence-electron chi connectivity index (χ0n) is 18.2. The molecule has 5 nitrogen and oxygen atoms in total. The van der Waals surface area contributed by atoms with Gasteiger partial charge in [0.2, 0.25) is 5.88 Å². The first-order valence-corrected chi connectivity index (χ1v) is 11.2. The molecule has 0 aliphatic rings. The van der Waals surface area contributed by atoms with E-state index in [1.54, 1.807) is 23.9 Å². The Labute approximate surface area is 190 Å². The number of ether oxygens (including phenoxy) is 1. The largest absolute Gasteiger partial charge is 0.439 e. The number of amides is 1. The summed E-state index contributed by atoms with van der Waals surface area (Å²) in [5.41, 5.74) is 2.47. The Morgan fingerprint density at radius 2 is 1.81 bits per heavy atom. The van der Waals surface area contributed by atoms with E-state index in [2.05, 4.69) is 0 Å². The van der Waals surface area contributed by atoms with Gasteiger partial charge in [-0.05, 0) is 49.6 Å². The Balaban J connectivity index is 1.78. The summed E-state index contributed by atoms with van der Waals surface area (Å²) in [7, 11) is 1.80. The van der Waals surface area contributed by atoms with E-state index in [1.807, 2.05) is 66.6 Å². The highest BCUT2D eigenvalue weighted by atomic mass is 32.1. The summed E-state index contributed by atoms with van der Waals surface area (Å²) in [4.78, 5) is 15.7. The number of hydrogen-bond donors (Lipinski definition) is 0. The van der Waals surface area contributed by atoms with Crippen molar-refractivity contribution in [1.82, 2.24) is 14.7 Å². The molecule has 2 heterocycles. The van der Waals surface area contributed by atoms with Gasteiger partial charge in [-0.1, -0.05) is 36.4 Å². The van der Waals surface area contributed by atoms with Gasteiger partial charge in [0.05, 0.1) is 17.0 Å². The molecule has 4 rings (SSSR count). The molecule has 0 unspecified atom stereocenters. The average Bonchev–Trinajstić information content (AvgIpc) is 3.43. The molecular weight excluding hydrogens is 425 g/mol. The van der Waals surface area contributed by atoms with Gasteiger partial charge in [0.25, 0.3) is 5.91 Å². The van der Waals surface area contributed by atoms with Crippen LogP contribution in [0.1, 0.15) is 29.1 Å². The van der Waals surface area contributed by atoms with Gasteiger partial charge in [-0.3, -0.25) is 4.79 Å². The summed E-state index contributed by atoms with van der Waals surface area (Å²) < 4.78 is 21.2. The number of carbonyl (C=O) groups excluding carboxylic acids is 1. The van der Waals surface area contributed by atoms with Crippen LogP contribution in [0.4, 0.5) is 4.39 Å². The lowest BCUT2D eigenvalue weighted by molar-refractivity contribution is 0.0694. The Bertz CT molecular complexity index is 1190. The smallest absolute Gasteiger partial charge is 0.264 e. The SMILES string of the molecule is CC(C)N(Cc1c(-c2ccccc2)nn(C)c1Oc1ccc(F)cc1)C(=O)c1cccs1. The molecule has 0 radical (unpaired) electrons. The van der Waals surface area contributed by atoms with Crippen molar-refractivity contribution in [2.45, 2.75) is 26.4 Å². The van der Waals surface area contributed by atoms with Crippen LogP contribution in [0.5, 0.6) is 11.6 Å². The Morgan fingerprint density at radius 3 is 2.44 bits per heavy atom. The number of rotatable bonds is 7. The first-order chi connectivity index (χ1) is 15.4. The van der Waals surface area contributed by atoms with E-state index in [4.69, 9.17) is 9.84 Å². The molecular formula is C25H24FN3O2S. The molecule has 0 spiro atoms. The minimum atomic E-state index is -0.333. The fourth-order valence-electron chi connectivity index (χ4n) is 3.47.